The molecule has 0 N–H and O–H groups in total. The van der Waals surface area contributed by atoms with Crippen molar-refractivity contribution in [1.82, 2.24) is 0 Å². The van der Waals surface area contributed by atoms with Crippen LogP contribution in [0.25, 0.3) is 0 Å². The second kappa shape index (κ2) is 27.5. The zero-order valence-corrected chi connectivity index (χ0v) is 34.2. The lowest BCUT2D eigenvalue weighted by molar-refractivity contribution is 0.262. The van der Waals surface area contributed by atoms with Crippen molar-refractivity contribution in [3.63, 3.8) is 0 Å². The predicted octanol–water partition coefficient (Wildman–Crippen LogP) is 11.8. The van der Waals surface area contributed by atoms with Gasteiger partial charge in [0.05, 0.1) is 19.8 Å². The Labute approximate surface area is 317 Å². The van der Waals surface area contributed by atoms with Crippen LogP contribution in [-0.2, 0) is 14.2 Å². The summed E-state index contributed by atoms with van der Waals surface area (Å²) >= 11 is 0. The first kappa shape index (κ1) is 45.1. The summed E-state index contributed by atoms with van der Waals surface area (Å²) in [5.41, 5.74) is 3.54. The fraction of sp³-hybridized carbons (Fsp3) is 0.609. The smallest absolute Gasteiger partial charge is 0.122 e. The molecule has 52 heavy (non-hydrogen) atoms. The Kier molecular flexibility index (Phi) is 23.9. The van der Waals surface area contributed by atoms with Crippen molar-refractivity contribution in [3.8, 4) is 17.2 Å². The van der Waals surface area contributed by atoms with E-state index >= 15 is 0 Å². The molecule has 5 fully saturated rings. The van der Waals surface area contributed by atoms with Crippen molar-refractivity contribution in [2.45, 2.75) is 132 Å². The normalized spacial score (nSPS) is 20.4. The van der Waals surface area contributed by atoms with Gasteiger partial charge in [-0.25, -0.2) is 0 Å². The van der Waals surface area contributed by atoms with Gasteiger partial charge in [-0.2, -0.15) is 0 Å². The second-order valence-electron chi connectivity index (χ2n) is 13.9. The minimum absolute atomic E-state index is 0.338. The number of epoxide rings is 3. The Morgan fingerprint density at radius 2 is 0.673 bits per heavy atom. The summed E-state index contributed by atoms with van der Waals surface area (Å²) < 4.78 is 31.7. The molecule has 3 aromatic carbocycles. The minimum atomic E-state index is 0.338. The van der Waals surface area contributed by atoms with Crippen LogP contribution < -0.4 is 14.2 Å². The van der Waals surface area contributed by atoms with Gasteiger partial charge in [-0.15, -0.1) is 0 Å². The summed E-state index contributed by atoms with van der Waals surface area (Å²) in [4.78, 5) is 0. The van der Waals surface area contributed by atoms with Gasteiger partial charge in [-0.3, -0.25) is 0 Å². The van der Waals surface area contributed by atoms with E-state index < -0.39 is 0 Å². The minimum Gasteiger partial charge on any atom is -0.491 e. The van der Waals surface area contributed by atoms with Gasteiger partial charge in [-0.05, 0) is 67.5 Å². The van der Waals surface area contributed by atoms with Crippen molar-refractivity contribution in [2.24, 2.45) is 11.8 Å². The lowest BCUT2D eigenvalue weighted by Crippen LogP contribution is -2.04. The number of hydrogen-bond acceptors (Lipinski definition) is 6. The summed E-state index contributed by atoms with van der Waals surface area (Å²) in [7, 11) is 0. The van der Waals surface area contributed by atoms with Crippen LogP contribution in [0.1, 0.15) is 110 Å². The van der Waals surface area contributed by atoms with Crippen LogP contribution in [0.5, 0.6) is 17.2 Å². The van der Waals surface area contributed by atoms with Gasteiger partial charge < -0.3 is 28.4 Å². The molecule has 0 amide bonds. The molecule has 0 aromatic heterocycles. The molecule has 3 atom stereocenters. The van der Waals surface area contributed by atoms with E-state index in [1.165, 1.54) is 68.1 Å². The van der Waals surface area contributed by atoms with Gasteiger partial charge in [0.2, 0.25) is 0 Å². The molecule has 6 nitrogen and oxygen atoms in total. The van der Waals surface area contributed by atoms with E-state index in [1.807, 2.05) is 121 Å². The second-order valence-corrected chi connectivity index (χ2v) is 13.9. The van der Waals surface area contributed by atoms with Crippen molar-refractivity contribution in [2.75, 3.05) is 39.6 Å². The van der Waals surface area contributed by atoms with Crippen LogP contribution in [0, 0.1) is 32.6 Å². The predicted molar refractivity (Wildman–Crippen MR) is 217 cm³/mol. The molecule has 0 radical (unpaired) electrons. The van der Waals surface area contributed by atoms with E-state index in [1.54, 1.807) is 0 Å². The quantitative estimate of drug-likeness (QED) is 0.205. The van der Waals surface area contributed by atoms with Gasteiger partial charge in [0.15, 0.2) is 0 Å². The van der Waals surface area contributed by atoms with Crippen LogP contribution in [-0.4, -0.2) is 58.0 Å². The molecule has 6 heteroatoms. The van der Waals surface area contributed by atoms with Crippen molar-refractivity contribution >= 4 is 0 Å². The van der Waals surface area contributed by atoms with Gasteiger partial charge >= 0.3 is 0 Å². The Balaban J connectivity index is 0.000000225. The highest BCUT2D eigenvalue weighted by atomic mass is 16.6. The molecule has 3 saturated heterocycles. The molecule has 3 aromatic rings. The number of ether oxygens (including phenoxy) is 6. The van der Waals surface area contributed by atoms with Crippen LogP contribution in [0.3, 0.4) is 0 Å². The Morgan fingerprint density at radius 1 is 0.442 bits per heavy atom. The van der Waals surface area contributed by atoms with E-state index in [2.05, 4.69) is 13.8 Å². The SMILES string of the molecule is CC.CC.CC1CCCC1.CC1CCCC1.Cc1ccccc1OCC1CO1.Cc1ccccc1OCC1CO1.Cc1ccccc1OCC1CO1. The molecule has 3 heterocycles. The van der Waals surface area contributed by atoms with Crippen LogP contribution in [0.4, 0.5) is 0 Å². The Morgan fingerprint density at radius 3 is 0.846 bits per heavy atom. The van der Waals surface area contributed by atoms with Crippen molar-refractivity contribution in [1.29, 1.82) is 0 Å². The first-order chi connectivity index (χ1) is 25.4. The Bertz CT molecular complexity index is 1140. The molecule has 8 rings (SSSR count). The lowest BCUT2D eigenvalue weighted by Gasteiger charge is -2.06. The van der Waals surface area contributed by atoms with Crippen molar-refractivity contribution < 1.29 is 28.4 Å². The summed E-state index contributed by atoms with van der Waals surface area (Å²) in [6, 6.07) is 24.1. The summed E-state index contributed by atoms with van der Waals surface area (Å²) in [6.07, 6.45) is 12.9. The summed E-state index contributed by atoms with van der Waals surface area (Å²) in [5.74, 6) is 4.99. The molecular formula is C46H72O6. The van der Waals surface area contributed by atoms with Gasteiger partial charge in [0.25, 0.3) is 0 Å². The lowest BCUT2D eigenvalue weighted by atomic mass is 10.2. The number of para-hydroxylation sites is 3. The molecule has 3 unspecified atom stereocenters. The molecule has 2 saturated carbocycles. The largest absolute Gasteiger partial charge is 0.491 e. The van der Waals surface area contributed by atoms with E-state index in [0.29, 0.717) is 38.1 Å². The highest BCUT2D eigenvalue weighted by Crippen LogP contribution is 2.24. The average Bonchev–Trinajstić information content (AvgIpc) is 4.12. The number of hydrogen-bond donors (Lipinski definition) is 0. The van der Waals surface area contributed by atoms with E-state index in [-0.39, 0.29) is 0 Å². The molecule has 292 valence electrons. The van der Waals surface area contributed by atoms with E-state index in [4.69, 9.17) is 28.4 Å². The van der Waals surface area contributed by atoms with Crippen LogP contribution in [0.2, 0.25) is 0 Å². The van der Waals surface area contributed by atoms with E-state index in [9.17, 15) is 0 Å². The summed E-state index contributed by atoms with van der Waals surface area (Å²) in [6.45, 7) is 23.4. The fourth-order valence-electron chi connectivity index (χ4n) is 5.46. The number of aryl methyl sites for hydroxylation is 3. The van der Waals surface area contributed by atoms with E-state index in [0.717, 1.165) is 48.9 Å². The maximum atomic E-state index is 5.54. The zero-order valence-electron chi connectivity index (χ0n) is 34.2. The van der Waals surface area contributed by atoms with Gasteiger partial charge in [0, 0.05) is 0 Å². The topological polar surface area (TPSA) is 65.3 Å². The average molecular weight is 721 g/mol. The monoisotopic (exact) mass is 721 g/mol. The highest BCUT2D eigenvalue weighted by Gasteiger charge is 2.24. The van der Waals surface area contributed by atoms with Crippen LogP contribution in [0.15, 0.2) is 72.8 Å². The zero-order chi connectivity index (χ0) is 38.0. The maximum Gasteiger partial charge on any atom is 0.122 e. The standard InChI is InChI=1S/3C10H12O2.2C6H12.2C2H6/c3*1-8-4-2-3-5-10(8)12-7-9-6-11-9;2*1-6-4-2-3-5-6;2*1-2/h3*2-5,9H,6-7H2,1H3;2*6H,2-5H2,1H3;2*1-2H3. The molecule has 2 aliphatic carbocycles. The first-order valence-corrected chi connectivity index (χ1v) is 20.3. The molecular weight excluding hydrogens is 649 g/mol. The van der Waals surface area contributed by atoms with Crippen molar-refractivity contribution in [3.05, 3.63) is 89.5 Å². The fourth-order valence-corrected chi connectivity index (χ4v) is 5.46. The number of rotatable bonds is 9. The third-order valence-electron chi connectivity index (χ3n) is 9.05. The third-order valence-corrected chi connectivity index (χ3v) is 9.05. The molecule has 5 aliphatic rings. The highest BCUT2D eigenvalue weighted by molar-refractivity contribution is 5.33. The molecule has 0 bridgehead atoms. The molecule has 3 aliphatic heterocycles. The first-order valence-electron chi connectivity index (χ1n) is 20.3. The van der Waals surface area contributed by atoms with Gasteiger partial charge in [0.1, 0.15) is 55.4 Å². The molecule has 0 spiro atoms. The third kappa shape index (κ3) is 21.5. The number of benzene rings is 3. The van der Waals surface area contributed by atoms with Crippen LogP contribution >= 0.6 is 0 Å². The maximum absolute atomic E-state index is 5.54. The van der Waals surface area contributed by atoms with Gasteiger partial charge in [-0.1, -0.05) is 148 Å². The summed E-state index contributed by atoms with van der Waals surface area (Å²) in [5, 5.41) is 0. The Hall–Kier alpha value is -3.06.